The summed E-state index contributed by atoms with van der Waals surface area (Å²) < 4.78 is 5.42. The van der Waals surface area contributed by atoms with Crippen molar-refractivity contribution in [3.05, 3.63) is 41.1 Å². The molecule has 150 valence electrons. The third-order valence-corrected chi connectivity index (χ3v) is 6.30. The lowest BCUT2D eigenvalue weighted by atomic mass is 9.93. The Bertz CT molecular complexity index is 751. The van der Waals surface area contributed by atoms with Crippen molar-refractivity contribution in [3.63, 3.8) is 0 Å². The summed E-state index contributed by atoms with van der Waals surface area (Å²) in [5, 5.41) is 0.581. The predicted molar refractivity (Wildman–Crippen MR) is 107 cm³/mol. The van der Waals surface area contributed by atoms with Gasteiger partial charge >= 0.3 is 0 Å². The predicted octanol–water partition coefficient (Wildman–Crippen LogP) is 1.11. The maximum Gasteiger partial charge on any atom is 0.281 e. The lowest BCUT2D eigenvalue weighted by Crippen LogP contribution is -3.14. The maximum absolute atomic E-state index is 12.9. The summed E-state index contributed by atoms with van der Waals surface area (Å²) in [6, 6.07) is 6.79. The van der Waals surface area contributed by atoms with Gasteiger partial charge in [0, 0.05) is 24.2 Å². The molecular formula is C21H27ClN3O3+. The van der Waals surface area contributed by atoms with E-state index in [0.29, 0.717) is 22.3 Å². The Morgan fingerprint density at radius 3 is 2.43 bits per heavy atom. The van der Waals surface area contributed by atoms with E-state index in [9.17, 15) is 9.59 Å². The van der Waals surface area contributed by atoms with Gasteiger partial charge in [0.15, 0.2) is 0 Å². The fourth-order valence-corrected chi connectivity index (χ4v) is 4.43. The largest absolute Gasteiger partial charge is 0.370 e. The number of carbonyl (C=O) groups is 2. The summed E-state index contributed by atoms with van der Waals surface area (Å²) in [5.41, 5.74) is 1.09. The number of imide groups is 1. The molecule has 0 saturated carbocycles. The number of amides is 2. The van der Waals surface area contributed by atoms with E-state index < -0.39 is 0 Å². The smallest absolute Gasteiger partial charge is 0.281 e. The molecule has 1 aromatic carbocycles. The van der Waals surface area contributed by atoms with Gasteiger partial charge in [-0.05, 0) is 49.4 Å². The Kier molecular flexibility index (Phi) is 5.99. The van der Waals surface area contributed by atoms with Crippen LogP contribution in [0.15, 0.2) is 36.0 Å². The Morgan fingerprint density at radius 2 is 1.75 bits per heavy atom. The van der Waals surface area contributed by atoms with Crippen molar-refractivity contribution in [1.29, 1.82) is 0 Å². The number of rotatable bonds is 5. The molecule has 0 aliphatic carbocycles. The standard InChI is InChI=1S/C21H26ClN3O3/c22-17-1-3-18(4-2-17)25-20(26)15-19(21(25)27)24-9-6-16(7-10-24)5-8-23-11-13-28-14-12-23/h1-4,15-16H,5-14H2/p+1. The molecule has 7 heteroatoms. The number of nitrogens with one attached hydrogen (secondary N) is 1. The second-order valence-corrected chi connectivity index (χ2v) is 8.25. The molecule has 3 aliphatic rings. The first-order valence-electron chi connectivity index (χ1n) is 10.1. The van der Waals surface area contributed by atoms with Gasteiger partial charge in [0.05, 0.1) is 25.4 Å². The third-order valence-electron chi connectivity index (χ3n) is 6.05. The van der Waals surface area contributed by atoms with Gasteiger partial charge in [-0.15, -0.1) is 0 Å². The number of quaternary nitrogens is 1. The lowest BCUT2D eigenvalue weighted by molar-refractivity contribution is -0.908. The van der Waals surface area contributed by atoms with Crippen molar-refractivity contribution >= 4 is 29.1 Å². The second kappa shape index (κ2) is 8.64. The van der Waals surface area contributed by atoms with Crippen LogP contribution in [0, 0.1) is 5.92 Å². The minimum absolute atomic E-state index is 0.233. The highest BCUT2D eigenvalue weighted by atomic mass is 35.5. The van der Waals surface area contributed by atoms with Crippen LogP contribution in [0.25, 0.3) is 0 Å². The number of carbonyl (C=O) groups excluding carboxylic acids is 2. The van der Waals surface area contributed by atoms with Gasteiger partial charge in [0.2, 0.25) is 0 Å². The van der Waals surface area contributed by atoms with Gasteiger partial charge < -0.3 is 14.5 Å². The lowest BCUT2D eigenvalue weighted by Gasteiger charge is -2.34. The first-order valence-corrected chi connectivity index (χ1v) is 10.5. The molecule has 0 radical (unpaired) electrons. The first-order chi connectivity index (χ1) is 13.6. The van der Waals surface area contributed by atoms with Crippen LogP contribution in [0.3, 0.4) is 0 Å². The van der Waals surface area contributed by atoms with E-state index in [1.165, 1.54) is 23.9 Å². The molecule has 0 bridgehead atoms. The number of anilines is 1. The molecule has 1 N–H and O–H groups in total. The molecule has 0 aromatic heterocycles. The van der Waals surface area contributed by atoms with Crippen molar-refractivity contribution in [2.45, 2.75) is 19.3 Å². The van der Waals surface area contributed by atoms with E-state index in [1.54, 1.807) is 29.2 Å². The molecule has 0 atom stereocenters. The zero-order valence-electron chi connectivity index (χ0n) is 16.0. The number of nitrogens with zero attached hydrogens (tertiary/aromatic N) is 2. The maximum atomic E-state index is 12.9. The van der Waals surface area contributed by atoms with Crippen LogP contribution >= 0.6 is 11.6 Å². The topological polar surface area (TPSA) is 54.3 Å². The van der Waals surface area contributed by atoms with Crippen LogP contribution < -0.4 is 9.80 Å². The summed E-state index contributed by atoms with van der Waals surface area (Å²) in [6.45, 7) is 6.86. The zero-order chi connectivity index (χ0) is 19.5. The number of likely N-dealkylation sites (tertiary alicyclic amines) is 1. The molecule has 2 fully saturated rings. The monoisotopic (exact) mass is 404 g/mol. The van der Waals surface area contributed by atoms with Crippen LogP contribution in [0.5, 0.6) is 0 Å². The van der Waals surface area contributed by atoms with Crippen LogP contribution in [-0.2, 0) is 14.3 Å². The molecule has 28 heavy (non-hydrogen) atoms. The first kappa shape index (κ1) is 19.4. The summed E-state index contributed by atoms with van der Waals surface area (Å²) in [7, 11) is 0. The third kappa shape index (κ3) is 4.24. The van der Waals surface area contributed by atoms with E-state index >= 15 is 0 Å². The van der Waals surface area contributed by atoms with Gasteiger partial charge in [0.1, 0.15) is 18.8 Å². The number of hydrogen-bond donors (Lipinski definition) is 1. The number of benzene rings is 1. The van der Waals surface area contributed by atoms with Gasteiger partial charge in [-0.3, -0.25) is 9.59 Å². The highest BCUT2D eigenvalue weighted by Crippen LogP contribution is 2.29. The van der Waals surface area contributed by atoms with Gasteiger partial charge in [-0.1, -0.05) is 11.6 Å². The fourth-order valence-electron chi connectivity index (χ4n) is 4.30. The van der Waals surface area contributed by atoms with E-state index in [-0.39, 0.29) is 11.8 Å². The number of piperidine rings is 1. The summed E-state index contributed by atoms with van der Waals surface area (Å²) in [6.07, 6.45) is 4.86. The van der Waals surface area contributed by atoms with Crippen molar-refractivity contribution in [2.75, 3.05) is 50.8 Å². The van der Waals surface area contributed by atoms with E-state index in [1.807, 2.05) is 0 Å². The van der Waals surface area contributed by atoms with Crippen molar-refractivity contribution < 1.29 is 19.2 Å². The quantitative estimate of drug-likeness (QED) is 0.747. The molecule has 6 nitrogen and oxygen atoms in total. The molecule has 4 rings (SSSR count). The summed E-state index contributed by atoms with van der Waals surface area (Å²) >= 11 is 5.91. The van der Waals surface area contributed by atoms with Crippen LogP contribution in [-0.4, -0.2) is 62.7 Å². The Balaban J connectivity index is 1.30. The van der Waals surface area contributed by atoms with Crippen molar-refractivity contribution in [3.8, 4) is 0 Å². The highest BCUT2D eigenvalue weighted by molar-refractivity contribution is 6.32. The molecule has 3 heterocycles. The average Bonchev–Trinajstić information content (AvgIpc) is 3.02. The minimum Gasteiger partial charge on any atom is -0.370 e. The van der Waals surface area contributed by atoms with E-state index in [4.69, 9.17) is 16.3 Å². The molecule has 1 aromatic rings. The average molecular weight is 405 g/mol. The SMILES string of the molecule is O=C1C=C(N2CCC(CC[NH+]3CCOCC3)CC2)C(=O)N1c1ccc(Cl)cc1. The van der Waals surface area contributed by atoms with Crippen LogP contribution in [0.2, 0.25) is 5.02 Å². The summed E-state index contributed by atoms with van der Waals surface area (Å²) in [4.78, 5) is 30.2. The second-order valence-electron chi connectivity index (χ2n) is 7.82. The molecule has 2 amide bonds. The number of halogens is 1. The van der Waals surface area contributed by atoms with Crippen LogP contribution in [0.1, 0.15) is 19.3 Å². The number of morpholine rings is 1. The summed E-state index contributed by atoms with van der Waals surface area (Å²) in [5.74, 6) is 0.190. The molecule has 0 unspecified atom stereocenters. The minimum atomic E-state index is -0.277. The van der Waals surface area contributed by atoms with Gasteiger partial charge in [0.25, 0.3) is 11.8 Å². The fraction of sp³-hybridized carbons (Fsp3) is 0.524. The van der Waals surface area contributed by atoms with Gasteiger partial charge in [-0.25, -0.2) is 4.90 Å². The Labute approximate surface area is 170 Å². The number of hydrogen-bond acceptors (Lipinski definition) is 4. The zero-order valence-corrected chi connectivity index (χ0v) is 16.8. The van der Waals surface area contributed by atoms with Crippen molar-refractivity contribution in [1.82, 2.24) is 4.90 Å². The van der Waals surface area contributed by atoms with Gasteiger partial charge in [-0.2, -0.15) is 0 Å². The molecule has 0 spiro atoms. The highest BCUT2D eigenvalue weighted by Gasteiger charge is 2.36. The molecule has 2 saturated heterocycles. The molecular weight excluding hydrogens is 378 g/mol. The number of ether oxygens (including phenoxy) is 1. The normalized spacial score (nSPS) is 22.1. The Hall–Kier alpha value is -1.89. The Morgan fingerprint density at radius 1 is 1.07 bits per heavy atom. The van der Waals surface area contributed by atoms with Crippen molar-refractivity contribution in [2.24, 2.45) is 5.92 Å². The van der Waals surface area contributed by atoms with E-state index in [0.717, 1.165) is 52.2 Å². The van der Waals surface area contributed by atoms with E-state index in [2.05, 4.69) is 4.90 Å². The van der Waals surface area contributed by atoms with Crippen LogP contribution in [0.4, 0.5) is 5.69 Å². The molecule has 3 aliphatic heterocycles.